The Hall–Kier alpha value is -1.70. The lowest BCUT2D eigenvalue weighted by molar-refractivity contribution is -0.136. The van der Waals surface area contributed by atoms with E-state index in [0.29, 0.717) is 16.4 Å². The Kier molecular flexibility index (Phi) is 5.22. The molecule has 1 amide bonds. The van der Waals surface area contributed by atoms with Gasteiger partial charge in [0, 0.05) is 6.42 Å². The SMILES string of the molecule is CC(C)(C)OC(=O)NCc1nnc(CCC(=O)O)s1. The van der Waals surface area contributed by atoms with Gasteiger partial charge in [0.2, 0.25) is 0 Å². The number of aliphatic carboxylic acids is 1. The Morgan fingerprint density at radius 1 is 1.32 bits per heavy atom. The largest absolute Gasteiger partial charge is 0.481 e. The van der Waals surface area contributed by atoms with Gasteiger partial charge >= 0.3 is 12.1 Å². The molecular weight excluding hydrogens is 270 g/mol. The number of carbonyl (C=O) groups is 2. The quantitative estimate of drug-likeness (QED) is 0.852. The van der Waals surface area contributed by atoms with E-state index in [1.54, 1.807) is 20.8 Å². The molecule has 0 bridgehead atoms. The van der Waals surface area contributed by atoms with Crippen molar-refractivity contribution in [3.05, 3.63) is 10.0 Å². The number of nitrogens with zero attached hydrogens (tertiary/aromatic N) is 2. The third kappa shape index (κ3) is 6.70. The number of aromatic nitrogens is 2. The molecule has 0 radical (unpaired) electrons. The van der Waals surface area contributed by atoms with Crippen molar-refractivity contribution in [2.24, 2.45) is 0 Å². The molecule has 0 aromatic carbocycles. The summed E-state index contributed by atoms with van der Waals surface area (Å²) in [5.74, 6) is -0.872. The number of rotatable bonds is 5. The second kappa shape index (κ2) is 6.46. The van der Waals surface area contributed by atoms with Crippen LogP contribution in [0.4, 0.5) is 4.79 Å². The Balaban J connectivity index is 2.38. The highest BCUT2D eigenvalue weighted by atomic mass is 32.1. The molecule has 0 saturated carbocycles. The molecule has 0 aliphatic rings. The fourth-order valence-electron chi connectivity index (χ4n) is 1.14. The minimum absolute atomic E-state index is 0.0220. The van der Waals surface area contributed by atoms with E-state index in [4.69, 9.17) is 9.84 Å². The molecular formula is C11H17N3O4S. The highest BCUT2D eigenvalue weighted by molar-refractivity contribution is 7.11. The van der Waals surface area contributed by atoms with Gasteiger partial charge in [-0.15, -0.1) is 10.2 Å². The van der Waals surface area contributed by atoms with E-state index in [-0.39, 0.29) is 13.0 Å². The van der Waals surface area contributed by atoms with Gasteiger partial charge in [-0.2, -0.15) is 0 Å². The summed E-state index contributed by atoms with van der Waals surface area (Å²) in [5, 5.41) is 20.1. The second-order valence-electron chi connectivity index (χ2n) is 4.84. The van der Waals surface area contributed by atoms with E-state index in [9.17, 15) is 9.59 Å². The van der Waals surface area contributed by atoms with Crippen molar-refractivity contribution in [2.45, 2.75) is 45.8 Å². The number of carboxylic acid groups (broad SMARTS) is 1. The average Bonchev–Trinajstić information content (AvgIpc) is 2.69. The Morgan fingerprint density at radius 2 is 1.95 bits per heavy atom. The van der Waals surface area contributed by atoms with Crippen molar-refractivity contribution in [3.63, 3.8) is 0 Å². The molecule has 1 aromatic heterocycles. The molecule has 0 unspecified atom stereocenters. The number of hydrogen-bond acceptors (Lipinski definition) is 6. The van der Waals surface area contributed by atoms with Crippen LogP contribution in [0, 0.1) is 0 Å². The third-order valence-electron chi connectivity index (χ3n) is 1.84. The van der Waals surface area contributed by atoms with Crippen LogP contribution in [0.5, 0.6) is 0 Å². The maximum Gasteiger partial charge on any atom is 0.408 e. The molecule has 1 aromatic rings. The first-order valence-corrected chi connectivity index (χ1v) is 6.58. The fraction of sp³-hybridized carbons (Fsp3) is 0.636. The van der Waals surface area contributed by atoms with Gasteiger partial charge in [-0.25, -0.2) is 4.79 Å². The van der Waals surface area contributed by atoms with Crippen molar-refractivity contribution in [2.75, 3.05) is 0 Å². The average molecular weight is 287 g/mol. The number of carboxylic acids is 1. The van der Waals surface area contributed by atoms with Crippen LogP contribution in [0.2, 0.25) is 0 Å². The van der Waals surface area contributed by atoms with Gasteiger partial charge in [-0.05, 0) is 20.8 Å². The molecule has 0 fully saturated rings. The lowest BCUT2D eigenvalue weighted by atomic mass is 10.2. The van der Waals surface area contributed by atoms with Crippen LogP contribution in [-0.2, 0) is 22.5 Å². The molecule has 7 nitrogen and oxygen atoms in total. The molecule has 1 heterocycles. The summed E-state index contributed by atoms with van der Waals surface area (Å²) in [7, 11) is 0. The molecule has 0 atom stereocenters. The third-order valence-corrected chi connectivity index (χ3v) is 2.83. The van der Waals surface area contributed by atoms with Crippen LogP contribution in [0.1, 0.15) is 37.2 Å². The van der Waals surface area contributed by atoms with E-state index < -0.39 is 17.7 Å². The number of ether oxygens (including phenoxy) is 1. The predicted octanol–water partition coefficient (Wildman–Crippen LogP) is 1.58. The van der Waals surface area contributed by atoms with Crippen molar-refractivity contribution in [1.82, 2.24) is 15.5 Å². The minimum atomic E-state index is -0.872. The lowest BCUT2D eigenvalue weighted by Gasteiger charge is -2.19. The van der Waals surface area contributed by atoms with Crippen LogP contribution < -0.4 is 5.32 Å². The van der Waals surface area contributed by atoms with E-state index in [1.165, 1.54) is 11.3 Å². The Morgan fingerprint density at radius 3 is 2.53 bits per heavy atom. The van der Waals surface area contributed by atoms with Crippen molar-refractivity contribution in [1.29, 1.82) is 0 Å². The zero-order valence-corrected chi connectivity index (χ0v) is 11.9. The zero-order valence-electron chi connectivity index (χ0n) is 11.1. The number of aryl methyl sites for hydroxylation is 1. The van der Waals surface area contributed by atoms with Crippen LogP contribution in [0.25, 0.3) is 0 Å². The van der Waals surface area contributed by atoms with Gasteiger partial charge in [-0.1, -0.05) is 11.3 Å². The van der Waals surface area contributed by atoms with Gasteiger partial charge in [0.15, 0.2) is 0 Å². The molecule has 1 rings (SSSR count). The maximum atomic E-state index is 11.4. The van der Waals surface area contributed by atoms with Crippen molar-refractivity contribution >= 4 is 23.4 Å². The summed E-state index contributed by atoms with van der Waals surface area (Å²) >= 11 is 1.28. The summed E-state index contributed by atoms with van der Waals surface area (Å²) in [5.41, 5.74) is -0.544. The number of carbonyl (C=O) groups excluding carboxylic acids is 1. The molecule has 8 heteroatoms. The first kappa shape index (κ1) is 15.4. The van der Waals surface area contributed by atoms with Gasteiger partial charge in [0.25, 0.3) is 0 Å². The molecule has 106 valence electrons. The molecule has 0 saturated heterocycles. The Bertz CT molecular complexity index is 453. The maximum absolute atomic E-state index is 11.4. The highest BCUT2D eigenvalue weighted by Crippen LogP contribution is 2.12. The highest BCUT2D eigenvalue weighted by Gasteiger charge is 2.16. The van der Waals surface area contributed by atoms with Gasteiger partial charge < -0.3 is 15.2 Å². The number of hydrogen-bond donors (Lipinski definition) is 2. The van der Waals surface area contributed by atoms with Gasteiger partial charge in [0.1, 0.15) is 15.6 Å². The normalized spacial score (nSPS) is 11.1. The molecule has 0 spiro atoms. The Labute approximate surface area is 115 Å². The number of amides is 1. The van der Waals surface area contributed by atoms with E-state index in [1.807, 2.05) is 0 Å². The zero-order chi connectivity index (χ0) is 14.5. The first-order chi connectivity index (χ1) is 8.76. The summed E-state index contributed by atoms with van der Waals surface area (Å²) in [6, 6.07) is 0. The summed E-state index contributed by atoms with van der Waals surface area (Å²) in [6.45, 7) is 5.56. The van der Waals surface area contributed by atoms with E-state index in [2.05, 4.69) is 15.5 Å². The summed E-state index contributed by atoms with van der Waals surface area (Å²) in [6.07, 6.45) is -0.150. The second-order valence-corrected chi connectivity index (χ2v) is 5.99. The molecule has 19 heavy (non-hydrogen) atoms. The number of alkyl carbamates (subject to hydrolysis) is 1. The molecule has 0 aliphatic carbocycles. The topological polar surface area (TPSA) is 101 Å². The molecule has 2 N–H and O–H groups in total. The van der Waals surface area contributed by atoms with Crippen LogP contribution in [0.3, 0.4) is 0 Å². The van der Waals surface area contributed by atoms with Crippen LogP contribution in [0.15, 0.2) is 0 Å². The first-order valence-electron chi connectivity index (χ1n) is 5.76. The summed E-state index contributed by atoms with van der Waals surface area (Å²) in [4.78, 5) is 21.8. The van der Waals surface area contributed by atoms with Crippen LogP contribution in [-0.4, -0.2) is 33.0 Å². The van der Waals surface area contributed by atoms with Crippen molar-refractivity contribution < 1.29 is 19.4 Å². The van der Waals surface area contributed by atoms with Crippen molar-refractivity contribution in [3.8, 4) is 0 Å². The molecule has 0 aliphatic heterocycles. The van der Waals surface area contributed by atoms with Gasteiger partial charge in [-0.3, -0.25) is 4.79 Å². The van der Waals surface area contributed by atoms with E-state index in [0.717, 1.165) is 0 Å². The minimum Gasteiger partial charge on any atom is -0.481 e. The number of nitrogens with one attached hydrogen (secondary N) is 1. The van der Waals surface area contributed by atoms with Crippen LogP contribution >= 0.6 is 11.3 Å². The standard InChI is InChI=1S/C11H17N3O4S/c1-11(2,3)18-10(17)12-6-8-14-13-7(19-8)4-5-9(15)16/h4-6H2,1-3H3,(H,12,17)(H,15,16). The van der Waals surface area contributed by atoms with E-state index >= 15 is 0 Å². The van der Waals surface area contributed by atoms with Gasteiger partial charge in [0.05, 0.1) is 13.0 Å². The predicted molar refractivity (Wildman–Crippen MR) is 68.9 cm³/mol. The lowest BCUT2D eigenvalue weighted by Crippen LogP contribution is -2.32. The fourth-order valence-corrected chi connectivity index (χ4v) is 1.92. The monoisotopic (exact) mass is 287 g/mol. The summed E-state index contributed by atoms with van der Waals surface area (Å²) < 4.78 is 5.07. The smallest absolute Gasteiger partial charge is 0.408 e.